The summed E-state index contributed by atoms with van der Waals surface area (Å²) in [5.74, 6) is 0.883. The Morgan fingerprint density at radius 3 is 3.20 bits per heavy atom. The molecule has 0 aliphatic heterocycles. The van der Waals surface area contributed by atoms with Crippen molar-refractivity contribution in [3.8, 4) is 0 Å². The molecular weight excluding hydrogens is 130 g/mol. The van der Waals surface area contributed by atoms with Crippen LogP contribution in [-0.2, 0) is 11.4 Å². The minimum atomic E-state index is 0.626. The van der Waals surface area contributed by atoms with Crippen LogP contribution in [0.25, 0.3) is 0 Å². The topological polar surface area (TPSA) is 34.4 Å². The van der Waals surface area contributed by atoms with E-state index < -0.39 is 0 Å². The van der Waals surface area contributed by atoms with Gasteiger partial charge in [-0.2, -0.15) is 5.48 Å². The molecule has 0 atom stereocenters. The van der Waals surface area contributed by atoms with Crippen LogP contribution in [0, 0.1) is 0 Å². The molecule has 0 bridgehead atoms. The van der Waals surface area contributed by atoms with Crippen LogP contribution < -0.4 is 5.48 Å². The van der Waals surface area contributed by atoms with Crippen molar-refractivity contribution in [1.82, 2.24) is 5.48 Å². The Hall–Kier alpha value is -0.800. The van der Waals surface area contributed by atoms with Gasteiger partial charge < -0.3 is 9.25 Å². The third-order valence-corrected chi connectivity index (χ3v) is 1.07. The van der Waals surface area contributed by atoms with Gasteiger partial charge in [-0.3, -0.25) is 0 Å². The summed E-state index contributed by atoms with van der Waals surface area (Å²) < 4.78 is 5.04. The van der Waals surface area contributed by atoms with Gasteiger partial charge in [0.1, 0.15) is 5.76 Å². The van der Waals surface area contributed by atoms with Crippen LogP contribution >= 0.6 is 0 Å². The maximum atomic E-state index is 5.04. The fourth-order valence-corrected chi connectivity index (χ4v) is 0.637. The maximum Gasteiger partial charge on any atom is 0.119 e. The van der Waals surface area contributed by atoms with Gasteiger partial charge in [0.15, 0.2) is 0 Å². The van der Waals surface area contributed by atoms with Crippen molar-refractivity contribution in [2.45, 2.75) is 13.5 Å². The average Bonchev–Trinajstić information content (AvgIpc) is 2.41. The van der Waals surface area contributed by atoms with E-state index in [-0.39, 0.29) is 0 Å². The first kappa shape index (κ1) is 7.31. The highest BCUT2D eigenvalue weighted by Crippen LogP contribution is 1.97. The number of nitrogens with one attached hydrogen (secondary N) is 1. The second kappa shape index (κ2) is 4.09. The van der Waals surface area contributed by atoms with Crippen molar-refractivity contribution in [2.24, 2.45) is 0 Å². The quantitative estimate of drug-likeness (QED) is 0.507. The number of rotatable bonds is 4. The van der Waals surface area contributed by atoms with Gasteiger partial charge in [0.2, 0.25) is 0 Å². The fraction of sp³-hybridized carbons (Fsp3) is 0.429. The molecule has 56 valence electrons. The van der Waals surface area contributed by atoms with Crippen molar-refractivity contribution in [3.05, 3.63) is 24.2 Å². The van der Waals surface area contributed by atoms with Crippen molar-refractivity contribution >= 4 is 0 Å². The lowest BCUT2D eigenvalue weighted by Crippen LogP contribution is -2.12. The minimum Gasteiger partial charge on any atom is -0.468 e. The van der Waals surface area contributed by atoms with E-state index in [0.717, 1.165) is 5.76 Å². The summed E-state index contributed by atoms with van der Waals surface area (Å²) in [6.07, 6.45) is 1.64. The smallest absolute Gasteiger partial charge is 0.119 e. The van der Waals surface area contributed by atoms with Crippen LogP contribution in [0.3, 0.4) is 0 Å². The summed E-state index contributed by atoms with van der Waals surface area (Å²) in [5, 5.41) is 0. The molecule has 0 fully saturated rings. The van der Waals surface area contributed by atoms with Gasteiger partial charge in [-0.25, -0.2) is 0 Å². The predicted octanol–water partition coefficient (Wildman–Crippen LogP) is 1.32. The summed E-state index contributed by atoms with van der Waals surface area (Å²) >= 11 is 0. The van der Waals surface area contributed by atoms with E-state index in [1.54, 1.807) is 6.26 Å². The molecule has 1 N–H and O–H groups in total. The Morgan fingerprint density at radius 2 is 2.60 bits per heavy atom. The Kier molecular flexibility index (Phi) is 2.99. The number of furan rings is 1. The molecule has 0 saturated carbocycles. The molecule has 0 radical (unpaired) electrons. The minimum absolute atomic E-state index is 0.626. The molecule has 3 heteroatoms. The summed E-state index contributed by atoms with van der Waals surface area (Å²) in [6, 6.07) is 3.75. The zero-order valence-corrected chi connectivity index (χ0v) is 5.96. The summed E-state index contributed by atoms with van der Waals surface area (Å²) in [5.41, 5.74) is 2.74. The summed E-state index contributed by atoms with van der Waals surface area (Å²) in [4.78, 5) is 4.90. The maximum absolute atomic E-state index is 5.04. The third kappa shape index (κ3) is 2.21. The van der Waals surface area contributed by atoms with E-state index in [4.69, 9.17) is 9.25 Å². The molecule has 10 heavy (non-hydrogen) atoms. The first-order chi connectivity index (χ1) is 4.93. The number of hydrogen-bond acceptors (Lipinski definition) is 3. The molecule has 0 spiro atoms. The Bertz CT molecular complexity index is 160. The summed E-state index contributed by atoms with van der Waals surface area (Å²) in [7, 11) is 0. The molecule has 1 heterocycles. The number of hydrogen-bond donors (Lipinski definition) is 1. The highest BCUT2D eigenvalue weighted by molar-refractivity contribution is 4.96. The Morgan fingerprint density at radius 1 is 1.70 bits per heavy atom. The van der Waals surface area contributed by atoms with Gasteiger partial charge in [-0.1, -0.05) is 0 Å². The lowest BCUT2D eigenvalue weighted by Gasteiger charge is -1.98. The second-order valence-corrected chi connectivity index (χ2v) is 1.83. The SMILES string of the molecule is CCONCc1ccco1. The van der Waals surface area contributed by atoms with Crippen LogP contribution in [-0.4, -0.2) is 6.61 Å². The molecule has 0 saturated heterocycles. The van der Waals surface area contributed by atoms with E-state index in [2.05, 4.69) is 5.48 Å². The molecule has 0 aromatic carbocycles. The molecule has 0 aliphatic carbocycles. The van der Waals surface area contributed by atoms with Gasteiger partial charge in [0.25, 0.3) is 0 Å². The Balaban J connectivity index is 2.15. The lowest BCUT2D eigenvalue weighted by atomic mass is 10.5. The van der Waals surface area contributed by atoms with Crippen LogP contribution in [0.15, 0.2) is 22.8 Å². The summed E-state index contributed by atoms with van der Waals surface area (Å²) in [6.45, 7) is 3.22. The third-order valence-electron chi connectivity index (χ3n) is 1.07. The van der Waals surface area contributed by atoms with Crippen molar-refractivity contribution in [3.63, 3.8) is 0 Å². The molecule has 0 amide bonds. The molecule has 3 nitrogen and oxygen atoms in total. The van der Waals surface area contributed by atoms with Crippen molar-refractivity contribution in [2.75, 3.05) is 6.61 Å². The average molecular weight is 141 g/mol. The van der Waals surface area contributed by atoms with E-state index >= 15 is 0 Å². The predicted molar refractivity (Wildman–Crippen MR) is 37.2 cm³/mol. The first-order valence-corrected chi connectivity index (χ1v) is 3.30. The largest absolute Gasteiger partial charge is 0.468 e. The van der Waals surface area contributed by atoms with Gasteiger partial charge >= 0.3 is 0 Å². The zero-order chi connectivity index (χ0) is 7.23. The second-order valence-electron chi connectivity index (χ2n) is 1.83. The first-order valence-electron chi connectivity index (χ1n) is 3.30. The monoisotopic (exact) mass is 141 g/mol. The fourth-order valence-electron chi connectivity index (χ4n) is 0.637. The van der Waals surface area contributed by atoms with Gasteiger partial charge in [-0.15, -0.1) is 0 Å². The van der Waals surface area contributed by atoms with Crippen LogP contribution in [0.1, 0.15) is 12.7 Å². The van der Waals surface area contributed by atoms with Gasteiger partial charge in [0, 0.05) is 0 Å². The Labute approximate surface area is 59.9 Å². The standard InChI is InChI=1S/C7H11NO2/c1-2-10-8-6-7-4-3-5-9-7/h3-5,8H,2,6H2,1H3. The van der Waals surface area contributed by atoms with E-state index in [1.807, 2.05) is 19.1 Å². The molecule has 1 aromatic rings. The van der Waals surface area contributed by atoms with Crippen molar-refractivity contribution < 1.29 is 9.25 Å². The molecule has 1 rings (SSSR count). The highest BCUT2D eigenvalue weighted by atomic mass is 16.6. The zero-order valence-electron chi connectivity index (χ0n) is 5.96. The van der Waals surface area contributed by atoms with Gasteiger partial charge in [-0.05, 0) is 19.1 Å². The highest BCUT2D eigenvalue weighted by Gasteiger charge is 1.91. The van der Waals surface area contributed by atoms with E-state index in [9.17, 15) is 0 Å². The molecule has 1 aromatic heterocycles. The molecular formula is C7H11NO2. The van der Waals surface area contributed by atoms with Crippen molar-refractivity contribution in [1.29, 1.82) is 0 Å². The van der Waals surface area contributed by atoms with Crippen LogP contribution in [0.5, 0.6) is 0 Å². The number of hydroxylamine groups is 1. The van der Waals surface area contributed by atoms with E-state index in [1.165, 1.54) is 0 Å². The molecule has 0 aliphatic rings. The normalized spacial score (nSPS) is 10.1. The van der Waals surface area contributed by atoms with Crippen LogP contribution in [0.2, 0.25) is 0 Å². The van der Waals surface area contributed by atoms with Crippen LogP contribution in [0.4, 0.5) is 0 Å². The van der Waals surface area contributed by atoms with Gasteiger partial charge in [0.05, 0.1) is 19.4 Å². The van der Waals surface area contributed by atoms with E-state index in [0.29, 0.717) is 13.2 Å². The lowest BCUT2D eigenvalue weighted by molar-refractivity contribution is 0.0425. The molecule has 0 unspecified atom stereocenters.